The van der Waals surface area contributed by atoms with Crippen LogP contribution >= 0.6 is 35.0 Å². The second kappa shape index (κ2) is 8.37. The Bertz CT molecular complexity index is 1010. The molecule has 0 saturated carbocycles. The lowest BCUT2D eigenvalue weighted by atomic mass is 9.94. The van der Waals surface area contributed by atoms with Crippen LogP contribution in [-0.2, 0) is 32.1 Å². The highest BCUT2D eigenvalue weighted by Crippen LogP contribution is 2.61. The number of thioether (sulfide) groups is 1. The lowest BCUT2D eigenvalue weighted by molar-refractivity contribution is -0.172. The van der Waals surface area contributed by atoms with E-state index >= 15 is 0 Å². The van der Waals surface area contributed by atoms with E-state index in [0.717, 1.165) is 22.9 Å². The zero-order valence-electron chi connectivity index (χ0n) is 16.6. The molecular weight excluding hydrogens is 459 g/mol. The SMILES string of the molecule is CC1(C(=O)OCc2ccccc2)N2C(=O)C(NC(=O)Cc3ccccc3)[C@H]2SC1(Cl)Cl. The van der Waals surface area contributed by atoms with Gasteiger partial charge in [-0.2, -0.15) is 0 Å². The van der Waals surface area contributed by atoms with Crippen LogP contribution < -0.4 is 5.32 Å². The third-order valence-corrected chi connectivity index (χ3v) is 8.18. The number of ether oxygens (including phenoxy) is 1. The molecule has 0 aliphatic carbocycles. The molecule has 2 unspecified atom stereocenters. The number of alkyl halides is 2. The molecule has 4 rings (SSSR count). The first-order valence-corrected chi connectivity index (χ1v) is 11.3. The number of amides is 2. The quantitative estimate of drug-likeness (QED) is 0.391. The van der Waals surface area contributed by atoms with Crippen LogP contribution in [-0.4, -0.2) is 43.3 Å². The summed E-state index contributed by atoms with van der Waals surface area (Å²) in [4.78, 5) is 39.6. The highest BCUT2D eigenvalue weighted by atomic mass is 35.5. The van der Waals surface area contributed by atoms with Crippen molar-refractivity contribution in [1.29, 1.82) is 0 Å². The van der Waals surface area contributed by atoms with Crippen molar-refractivity contribution in [3.05, 3.63) is 71.8 Å². The van der Waals surface area contributed by atoms with E-state index in [-0.39, 0.29) is 18.9 Å². The van der Waals surface area contributed by atoms with E-state index < -0.39 is 32.5 Å². The molecule has 3 atom stereocenters. The number of hydrogen-bond acceptors (Lipinski definition) is 5. The number of fused-ring (bicyclic) bond motifs is 1. The average molecular weight is 479 g/mol. The molecule has 0 aromatic heterocycles. The Morgan fingerprint density at radius 1 is 1.06 bits per heavy atom. The molecule has 6 nitrogen and oxygen atoms in total. The molecule has 1 N–H and O–H groups in total. The van der Waals surface area contributed by atoms with Crippen LogP contribution in [0.4, 0.5) is 0 Å². The highest BCUT2D eigenvalue weighted by molar-refractivity contribution is 8.04. The molecular formula is C22H20Cl2N2O4S. The Hall–Kier alpha value is -2.22. The number of rotatable bonds is 6. The van der Waals surface area contributed by atoms with Crippen molar-refractivity contribution in [1.82, 2.24) is 10.2 Å². The Morgan fingerprint density at radius 2 is 1.65 bits per heavy atom. The third-order valence-electron chi connectivity index (χ3n) is 5.49. The molecule has 2 aromatic carbocycles. The number of carbonyl (C=O) groups is 3. The number of β-lactam (4-membered cyclic amide) rings is 1. The van der Waals surface area contributed by atoms with Gasteiger partial charge in [0.2, 0.25) is 11.8 Å². The van der Waals surface area contributed by atoms with Crippen LogP contribution in [0.15, 0.2) is 60.7 Å². The maximum absolute atomic E-state index is 13.0. The van der Waals surface area contributed by atoms with E-state index in [1.807, 2.05) is 60.7 Å². The zero-order chi connectivity index (χ0) is 22.2. The minimum atomic E-state index is -1.62. The monoisotopic (exact) mass is 478 g/mol. The average Bonchev–Trinajstić information content (AvgIpc) is 2.95. The maximum Gasteiger partial charge on any atom is 0.336 e. The molecule has 2 saturated heterocycles. The first-order chi connectivity index (χ1) is 14.7. The van der Waals surface area contributed by atoms with Gasteiger partial charge in [-0.25, -0.2) is 4.79 Å². The molecule has 2 heterocycles. The maximum atomic E-state index is 13.0. The van der Waals surface area contributed by atoms with Gasteiger partial charge in [-0.3, -0.25) is 9.59 Å². The molecule has 2 aromatic rings. The van der Waals surface area contributed by atoms with Gasteiger partial charge in [0.25, 0.3) is 0 Å². The lowest BCUT2D eigenvalue weighted by Gasteiger charge is -2.47. The van der Waals surface area contributed by atoms with E-state index in [0.29, 0.717) is 0 Å². The van der Waals surface area contributed by atoms with Crippen LogP contribution in [0.3, 0.4) is 0 Å². The zero-order valence-corrected chi connectivity index (χ0v) is 18.9. The van der Waals surface area contributed by atoms with Crippen LogP contribution in [0.2, 0.25) is 0 Å². The predicted octanol–water partition coefficient (Wildman–Crippen LogP) is 3.26. The summed E-state index contributed by atoms with van der Waals surface area (Å²) in [6.45, 7) is 1.53. The largest absolute Gasteiger partial charge is 0.459 e. The number of esters is 1. The van der Waals surface area contributed by atoms with Gasteiger partial charge < -0.3 is 15.0 Å². The van der Waals surface area contributed by atoms with Gasteiger partial charge in [0, 0.05) is 0 Å². The van der Waals surface area contributed by atoms with Crippen molar-refractivity contribution >= 4 is 52.7 Å². The molecule has 0 spiro atoms. The van der Waals surface area contributed by atoms with Crippen molar-refractivity contribution < 1.29 is 19.1 Å². The fourth-order valence-electron chi connectivity index (χ4n) is 3.69. The number of benzene rings is 2. The summed E-state index contributed by atoms with van der Waals surface area (Å²) in [6, 6.07) is 17.6. The van der Waals surface area contributed by atoms with Crippen molar-refractivity contribution in [2.75, 3.05) is 0 Å². The molecule has 9 heteroatoms. The van der Waals surface area contributed by atoms with Crippen molar-refractivity contribution in [2.24, 2.45) is 0 Å². The summed E-state index contributed by atoms with van der Waals surface area (Å²) in [6.07, 6.45) is 0.144. The molecule has 2 amide bonds. The Morgan fingerprint density at radius 3 is 2.26 bits per heavy atom. The van der Waals surface area contributed by atoms with E-state index in [1.54, 1.807) is 0 Å². The Labute approximate surface area is 194 Å². The topological polar surface area (TPSA) is 75.7 Å². The molecule has 2 aliphatic rings. The summed E-state index contributed by atoms with van der Waals surface area (Å²) in [5.74, 6) is -1.40. The number of halogens is 2. The van der Waals surface area contributed by atoms with E-state index in [9.17, 15) is 14.4 Å². The first-order valence-electron chi connectivity index (χ1n) is 9.67. The number of nitrogens with one attached hydrogen (secondary N) is 1. The van der Waals surface area contributed by atoms with Gasteiger partial charge in [0.1, 0.15) is 18.0 Å². The standard InChI is InChI=1S/C22H20Cl2N2O4S/c1-21(20(29)30-13-15-10-6-3-7-11-15)22(23,24)31-19-17(18(28)26(19)21)25-16(27)12-14-8-4-2-5-9-14/h2-11,17,19H,12-13H2,1H3,(H,25,27)/t17?,19-,21?/m1/s1. The molecule has 2 aliphatic heterocycles. The fourth-order valence-corrected chi connectivity index (χ4v) is 6.03. The molecule has 0 bridgehead atoms. The van der Waals surface area contributed by atoms with Crippen molar-refractivity contribution in [3.8, 4) is 0 Å². The second-order valence-corrected chi connectivity index (χ2v) is 10.7. The van der Waals surface area contributed by atoms with Gasteiger partial charge >= 0.3 is 5.97 Å². The predicted molar refractivity (Wildman–Crippen MR) is 119 cm³/mol. The van der Waals surface area contributed by atoms with E-state index in [4.69, 9.17) is 27.9 Å². The smallest absolute Gasteiger partial charge is 0.336 e. The number of carbonyl (C=O) groups excluding carboxylic acids is 3. The van der Waals surface area contributed by atoms with Gasteiger partial charge in [-0.05, 0) is 18.1 Å². The highest BCUT2D eigenvalue weighted by Gasteiger charge is 2.74. The van der Waals surface area contributed by atoms with E-state index in [1.165, 1.54) is 11.8 Å². The van der Waals surface area contributed by atoms with Gasteiger partial charge in [0.15, 0.2) is 9.20 Å². The van der Waals surface area contributed by atoms with Crippen LogP contribution in [0.1, 0.15) is 18.1 Å². The van der Waals surface area contributed by atoms with Crippen molar-refractivity contribution in [2.45, 2.75) is 40.6 Å². The summed E-state index contributed by atoms with van der Waals surface area (Å²) in [7, 11) is 0. The molecule has 0 radical (unpaired) electrons. The molecule has 2 fully saturated rings. The number of nitrogens with zero attached hydrogens (tertiary/aromatic N) is 1. The fraction of sp³-hybridized carbons (Fsp3) is 0.318. The van der Waals surface area contributed by atoms with Crippen LogP contribution in [0.5, 0.6) is 0 Å². The number of hydrogen-bond donors (Lipinski definition) is 1. The third kappa shape index (κ3) is 3.90. The summed E-state index contributed by atoms with van der Waals surface area (Å²) < 4.78 is 3.82. The summed E-state index contributed by atoms with van der Waals surface area (Å²) in [5, 5.41) is 2.18. The second-order valence-electron chi connectivity index (χ2n) is 7.57. The van der Waals surface area contributed by atoms with Gasteiger partial charge in [0.05, 0.1) is 6.42 Å². The first kappa shape index (κ1) is 22.0. The van der Waals surface area contributed by atoms with Gasteiger partial charge in [-0.1, -0.05) is 95.6 Å². The summed E-state index contributed by atoms with van der Waals surface area (Å²) in [5.41, 5.74) is 0.0521. The summed E-state index contributed by atoms with van der Waals surface area (Å²) >= 11 is 14.1. The van der Waals surface area contributed by atoms with E-state index in [2.05, 4.69) is 5.32 Å². The van der Waals surface area contributed by atoms with Crippen LogP contribution in [0.25, 0.3) is 0 Å². The minimum Gasteiger partial charge on any atom is -0.459 e. The molecule has 31 heavy (non-hydrogen) atoms. The normalized spacial score (nSPS) is 26.0. The Balaban J connectivity index is 1.44. The van der Waals surface area contributed by atoms with Gasteiger partial charge in [-0.15, -0.1) is 0 Å². The minimum absolute atomic E-state index is 0.0354. The molecule has 162 valence electrons. The Kier molecular flexibility index (Phi) is 5.94. The van der Waals surface area contributed by atoms with Crippen LogP contribution in [0, 0.1) is 0 Å². The van der Waals surface area contributed by atoms with Crippen molar-refractivity contribution in [3.63, 3.8) is 0 Å². The lowest BCUT2D eigenvalue weighted by Crippen LogP contribution is -2.74.